The number of carbonyl (C=O) groups excluding carboxylic acids is 2. The van der Waals surface area contributed by atoms with Crippen LogP contribution in [0.25, 0.3) is 0 Å². The molecule has 1 N–H and O–H groups in total. The highest BCUT2D eigenvalue weighted by Crippen LogP contribution is 2.32. The van der Waals surface area contributed by atoms with E-state index in [0.717, 1.165) is 16.7 Å². The van der Waals surface area contributed by atoms with Gasteiger partial charge >= 0.3 is 11.9 Å². The predicted molar refractivity (Wildman–Crippen MR) is 119 cm³/mol. The van der Waals surface area contributed by atoms with Crippen LogP contribution in [0.15, 0.2) is 23.1 Å². The quantitative estimate of drug-likeness (QED) is 0.632. The second-order valence-corrected chi connectivity index (χ2v) is 8.88. The molecule has 0 unspecified atom stereocenters. The van der Waals surface area contributed by atoms with Crippen molar-refractivity contribution in [2.24, 2.45) is 0 Å². The minimum atomic E-state index is -4.07. The minimum absolute atomic E-state index is 0.00864. The van der Waals surface area contributed by atoms with Gasteiger partial charge in [0.25, 0.3) is 10.0 Å². The van der Waals surface area contributed by atoms with Crippen molar-refractivity contribution >= 4 is 27.6 Å². The van der Waals surface area contributed by atoms with Crippen molar-refractivity contribution in [3.05, 3.63) is 57.1 Å². The molecule has 0 saturated heterocycles. The van der Waals surface area contributed by atoms with Crippen LogP contribution in [0.5, 0.6) is 0 Å². The summed E-state index contributed by atoms with van der Waals surface area (Å²) in [7, 11) is -4.07. The van der Waals surface area contributed by atoms with Gasteiger partial charge in [-0.3, -0.25) is 4.72 Å². The number of hydrogen-bond acceptors (Lipinski definition) is 6. The van der Waals surface area contributed by atoms with E-state index in [1.54, 1.807) is 27.7 Å². The summed E-state index contributed by atoms with van der Waals surface area (Å²) in [5.74, 6) is -1.31. The lowest BCUT2D eigenvalue weighted by molar-refractivity contribution is 0.0512. The first-order valence-electron chi connectivity index (χ1n) is 10.0. The molecule has 2 rings (SSSR count). The molecule has 31 heavy (non-hydrogen) atoms. The molecule has 2 aromatic rings. The van der Waals surface area contributed by atoms with Crippen LogP contribution in [0.1, 0.15) is 62.4 Å². The van der Waals surface area contributed by atoms with Gasteiger partial charge in [-0.05, 0) is 94.5 Å². The number of rotatable bonds is 7. The highest BCUT2D eigenvalue weighted by Gasteiger charge is 2.26. The van der Waals surface area contributed by atoms with E-state index in [1.807, 2.05) is 20.8 Å². The monoisotopic (exact) mass is 447 g/mol. The molecule has 2 aromatic carbocycles. The van der Waals surface area contributed by atoms with Crippen molar-refractivity contribution in [1.29, 1.82) is 0 Å². The second kappa shape index (κ2) is 9.51. The Morgan fingerprint density at radius 2 is 1.29 bits per heavy atom. The Labute approximate surface area is 183 Å². The Morgan fingerprint density at radius 1 is 0.806 bits per heavy atom. The Balaban J connectivity index is 2.66. The van der Waals surface area contributed by atoms with E-state index in [1.165, 1.54) is 18.2 Å². The van der Waals surface area contributed by atoms with E-state index in [9.17, 15) is 18.0 Å². The summed E-state index contributed by atoms with van der Waals surface area (Å²) in [5.41, 5.74) is 4.15. The SMILES string of the molecule is CCOC(=O)c1ccc(C(=O)OCC)c(NS(=O)(=O)c2c(C)c(C)c(C)c(C)c2C)c1. The van der Waals surface area contributed by atoms with E-state index in [0.29, 0.717) is 11.1 Å². The molecule has 0 amide bonds. The first-order valence-corrected chi connectivity index (χ1v) is 11.5. The Kier molecular flexibility index (Phi) is 7.49. The van der Waals surface area contributed by atoms with Crippen LogP contribution < -0.4 is 4.72 Å². The number of ether oxygens (including phenoxy) is 2. The fourth-order valence-corrected chi connectivity index (χ4v) is 5.09. The molecule has 0 aliphatic heterocycles. The van der Waals surface area contributed by atoms with Gasteiger partial charge in [0.2, 0.25) is 0 Å². The van der Waals surface area contributed by atoms with Crippen LogP contribution in [0, 0.1) is 34.6 Å². The maximum atomic E-state index is 13.4. The summed E-state index contributed by atoms with van der Waals surface area (Å²) in [6.07, 6.45) is 0. The smallest absolute Gasteiger partial charge is 0.340 e. The summed E-state index contributed by atoms with van der Waals surface area (Å²) >= 11 is 0. The topological polar surface area (TPSA) is 98.8 Å². The van der Waals surface area contributed by atoms with Gasteiger partial charge in [0.1, 0.15) is 0 Å². The molecule has 0 spiro atoms. The Morgan fingerprint density at radius 3 is 1.81 bits per heavy atom. The summed E-state index contributed by atoms with van der Waals surface area (Å²) in [5, 5.41) is 0. The first kappa shape index (κ1) is 24.4. The Hall–Kier alpha value is -2.87. The van der Waals surface area contributed by atoms with Crippen molar-refractivity contribution in [2.45, 2.75) is 53.4 Å². The molecule has 0 radical (unpaired) electrons. The van der Waals surface area contributed by atoms with Gasteiger partial charge in [0.15, 0.2) is 0 Å². The summed E-state index contributed by atoms with van der Waals surface area (Å²) in [6, 6.07) is 4.05. The molecular formula is C23H29NO6S. The zero-order valence-corrected chi connectivity index (χ0v) is 19.8. The van der Waals surface area contributed by atoms with Crippen molar-refractivity contribution in [3.63, 3.8) is 0 Å². The molecule has 0 heterocycles. The fourth-order valence-electron chi connectivity index (χ4n) is 3.42. The first-order chi connectivity index (χ1) is 14.5. The number of nitrogens with one attached hydrogen (secondary N) is 1. The molecule has 0 bridgehead atoms. The van der Waals surface area contributed by atoms with E-state index < -0.39 is 22.0 Å². The summed E-state index contributed by atoms with van der Waals surface area (Å²) in [6.45, 7) is 12.8. The molecule has 0 aliphatic rings. The fraction of sp³-hybridized carbons (Fsp3) is 0.391. The van der Waals surface area contributed by atoms with Gasteiger partial charge in [-0.2, -0.15) is 0 Å². The maximum Gasteiger partial charge on any atom is 0.340 e. The lowest BCUT2D eigenvalue weighted by Gasteiger charge is -2.20. The summed E-state index contributed by atoms with van der Waals surface area (Å²) in [4.78, 5) is 24.7. The van der Waals surface area contributed by atoms with E-state index in [-0.39, 0.29) is 34.9 Å². The van der Waals surface area contributed by atoms with E-state index in [4.69, 9.17) is 9.47 Å². The van der Waals surface area contributed by atoms with Crippen molar-refractivity contribution in [1.82, 2.24) is 0 Å². The van der Waals surface area contributed by atoms with Crippen LogP contribution in [0.4, 0.5) is 5.69 Å². The van der Waals surface area contributed by atoms with E-state index in [2.05, 4.69) is 4.72 Å². The third-order valence-electron chi connectivity index (χ3n) is 5.47. The van der Waals surface area contributed by atoms with Crippen LogP contribution in [0.3, 0.4) is 0 Å². The average Bonchev–Trinajstić information content (AvgIpc) is 2.70. The molecule has 0 aliphatic carbocycles. The predicted octanol–water partition coefficient (Wildman–Crippen LogP) is 4.38. The van der Waals surface area contributed by atoms with Gasteiger partial charge < -0.3 is 9.47 Å². The second-order valence-electron chi connectivity index (χ2n) is 7.26. The molecule has 0 atom stereocenters. The van der Waals surface area contributed by atoms with Crippen LogP contribution in [-0.2, 0) is 19.5 Å². The molecular weight excluding hydrogens is 418 g/mol. The number of carbonyl (C=O) groups is 2. The van der Waals surface area contributed by atoms with Crippen molar-refractivity contribution in [2.75, 3.05) is 17.9 Å². The number of benzene rings is 2. The number of sulfonamides is 1. The molecule has 7 nitrogen and oxygen atoms in total. The van der Waals surface area contributed by atoms with Gasteiger partial charge in [0, 0.05) is 0 Å². The van der Waals surface area contributed by atoms with Crippen LogP contribution >= 0.6 is 0 Å². The highest BCUT2D eigenvalue weighted by atomic mass is 32.2. The molecule has 0 aromatic heterocycles. The molecule has 8 heteroatoms. The lowest BCUT2D eigenvalue weighted by Crippen LogP contribution is -2.20. The molecule has 0 saturated carbocycles. The third-order valence-corrected chi connectivity index (χ3v) is 7.11. The summed E-state index contributed by atoms with van der Waals surface area (Å²) < 4.78 is 39.4. The zero-order valence-electron chi connectivity index (χ0n) is 19.0. The van der Waals surface area contributed by atoms with Gasteiger partial charge in [-0.25, -0.2) is 18.0 Å². The third kappa shape index (κ3) is 4.90. The zero-order chi connectivity index (χ0) is 23.5. The standard InChI is InChI=1S/C23H29NO6S/c1-8-29-22(25)18-10-11-19(23(26)30-9-2)20(12-18)24-31(27,28)21-16(6)14(4)13(3)15(5)17(21)7/h10-12,24H,8-9H2,1-7H3. The van der Waals surface area contributed by atoms with Gasteiger partial charge in [-0.1, -0.05) is 0 Å². The van der Waals surface area contributed by atoms with Crippen LogP contribution in [-0.4, -0.2) is 33.6 Å². The Bertz CT molecular complexity index is 1110. The van der Waals surface area contributed by atoms with Crippen molar-refractivity contribution < 1.29 is 27.5 Å². The van der Waals surface area contributed by atoms with Gasteiger partial charge in [0.05, 0.1) is 34.9 Å². The highest BCUT2D eigenvalue weighted by molar-refractivity contribution is 7.92. The minimum Gasteiger partial charge on any atom is -0.462 e. The largest absolute Gasteiger partial charge is 0.462 e. The van der Waals surface area contributed by atoms with E-state index >= 15 is 0 Å². The van der Waals surface area contributed by atoms with Gasteiger partial charge in [-0.15, -0.1) is 0 Å². The number of esters is 2. The molecule has 168 valence electrons. The normalized spacial score (nSPS) is 11.2. The molecule has 0 fully saturated rings. The lowest BCUT2D eigenvalue weighted by atomic mass is 9.95. The number of hydrogen-bond donors (Lipinski definition) is 1. The van der Waals surface area contributed by atoms with Crippen molar-refractivity contribution in [3.8, 4) is 0 Å². The number of anilines is 1. The average molecular weight is 448 g/mol. The maximum absolute atomic E-state index is 13.4. The van der Waals surface area contributed by atoms with Crippen LogP contribution in [0.2, 0.25) is 0 Å².